The number of hydrogen-bond acceptors (Lipinski definition) is 4. The summed E-state index contributed by atoms with van der Waals surface area (Å²) >= 11 is 13.3. The van der Waals surface area contributed by atoms with E-state index in [4.69, 9.17) is 17.0 Å². The van der Waals surface area contributed by atoms with Crippen molar-refractivity contribution in [3.8, 4) is 0 Å². The summed E-state index contributed by atoms with van der Waals surface area (Å²) in [6.45, 7) is 2.02. The van der Waals surface area contributed by atoms with E-state index in [2.05, 4.69) is 42.5 Å². The molecule has 0 radical (unpaired) electrons. The Morgan fingerprint density at radius 2 is 1.90 bits per heavy atom. The molecule has 1 aromatic heterocycles. The van der Waals surface area contributed by atoms with Gasteiger partial charge < -0.3 is 15.4 Å². The first-order chi connectivity index (χ1) is 14.4. The molecule has 0 aliphatic heterocycles. The summed E-state index contributed by atoms with van der Waals surface area (Å²) in [5.41, 5.74) is 1.73. The van der Waals surface area contributed by atoms with Crippen LogP contribution < -0.4 is 10.6 Å². The molecule has 9 heteroatoms. The summed E-state index contributed by atoms with van der Waals surface area (Å²) in [5.74, 6) is -0.906. The minimum Gasteiger partial charge on any atom is -0.462 e. The van der Waals surface area contributed by atoms with Gasteiger partial charge >= 0.3 is 5.97 Å². The summed E-state index contributed by atoms with van der Waals surface area (Å²) < 4.78 is 20.6. The maximum Gasteiger partial charge on any atom is 0.341 e. The fraction of sp³-hybridized carbons (Fsp3) is 0.143. The van der Waals surface area contributed by atoms with E-state index in [0.717, 1.165) is 10.4 Å². The SMILES string of the molecule is CCOC(=O)c1cc(Cc2ccccc2)sc1NC(=S)Nc1c(F)cc(Br)cc1Br. The third-order valence-electron chi connectivity index (χ3n) is 3.97. The maximum absolute atomic E-state index is 14.3. The molecule has 0 amide bonds. The van der Waals surface area contributed by atoms with E-state index in [1.807, 2.05) is 30.3 Å². The summed E-state index contributed by atoms with van der Waals surface area (Å²) in [4.78, 5) is 13.4. The molecule has 0 saturated heterocycles. The van der Waals surface area contributed by atoms with Crippen LogP contribution in [0.5, 0.6) is 0 Å². The molecule has 0 fully saturated rings. The number of thiophene rings is 1. The van der Waals surface area contributed by atoms with Crippen LogP contribution in [0, 0.1) is 5.82 Å². The van der Waals surface area contributed by atoms with Crippen LogP contribution in [0.3, 0.4) is 0 Å². The molecule has 1 heterocycles. The van der Waals surface area contributed by atoms with Crippen molar-refractivity contribution in [2.75, 3.05) is 17.2 Å². The highest BCUT2D eigenvalue weighted by Crippen LogP contribution is 2.32. The lowest BCUT2D eigenvalue weighted by Crippen LogP contribution is -2.21. The van der Waals surface area contributed by atoms with Gasteiger partial charge in [0.1, 0.15) is 10.8 Å². The van der Waals surface area contributed by atoms with Crippen LogP contribution in [0.2, 0.25) is 0 Å². The van der Waals surface area contributed by atoms with Crippen molar-refractivity contribution >= 4 is 77.2 Å². The molecule has 3 rings (SSSR count). The van der Waals surface area contributed by atoms with Gasteiger partial charge in [-0.3, -0.25) is 0 Å². The molecule has 0 saturated carbocycles. The third-order valence-corrected chi connectivity index (χ3v) is 6.31. The zero-order valence-corrected chi connectivity index (χ0v) is 20.6. The fourth-order valence-electron chi connectivity index (χ4n) is 2.69. The minimum atomic E-state index is -0.470. The molecule has 0 spiro atoms. The molecule has 2 N–H and O–H groups in total. The first kappa shape index (κ1) is 22.9. The molecule has 0 bridgehead atoms. The van der Waals surface area contributed by atoms with E-state index in [-0.39, 0.29) is 17.4 Å². The van der Waals surface area contributed by atoms with E-state index in [9.17, 15) is 9.18 Å². The molecule has 3 aromatic rings. The van der Waals surface area contributed by atoms with Gasteiger partial charge in [0.15, 0.2) is 5.11 Å². The minimum absolute atomic E-state index is 0.163. The van der Waals surface area contributed by atoms with Crippen molar-refractivity contribution in [3.05, 3.63) is 79.3 Å². The second-order valence-corrected chi connectivity index (χ2v) is 9.48. The molecule has 30 heavy (non-hydrogen) atoms. The first-order valence-corrected chi connectivity index (χ1v) is 11.7. The van der Waals surface area contributed by atoms with E-state index in [1.54, 1.807) is 19.1 Å². The van der Waals surface area contributed by atoms with Gasteiger partial charge in [-0.1, -0.05) is 46.3 Å². The number of thiocarbonyl (C=S) groups is 1. The number of hydrogen-bond donors (Lipinski definition) is 2. The van der Waals surface area contributed by atoms with Gasteiger partial charge in [-0.2, -0.15) is 0 Å². The van der Waals surface area contributed by atoms with Crippen molar-refractivity contribution in [3.63, 3.8) is 0 Å². The zero-order chi connectivity index (χ0) is 21.7. The largest absolute Gasteiger partial charge is 0.462 e. The predicted molar refractivity (Wildman–Crippen MR) is 131 cm³/mol. The molecule has 2 aromatic carbocycles. The normalized spacial score (nSPS) is 10.5. The Balaban J connectivity index is 1.82. The number of anilines is 2. The Kier molecular flexibility index (Phi) is 7.99. The molecule has 156 valence electrons. The van der Waals surface area contributed by atoms with Gasteiger partial charge in [-0.15, -0.1) is 11.3 Å². The van der Waals surface area contributed by atoms with Crippen LogP contribution in [-0.4, -0.2) is 17.7 Å². The van der Waals surface area contributed by atoms with Crippen molar-refractivity contribution in [1.29, 1.82) is 0 Å². The lowest BCUT2D eigenvalue weighted by Gasteiger charge is -2.13. The van der Waals surface area contributed by atoms with Gasteiger partial charge in [0.25, 0.3) is 0 Å². The van der Waals surface area contributed by atoms with E-state index in [1.165, 1.54) is 17.4 Å². The van der Waals surface area contributed by atoms with Crippen LogP contribution in [0.1, 0.15) is 27.7 Å². The molecule has 0 aliphatic carbocycles. The van der Waals surface area contributed by atoms with Crippen molar-refractivity contribution in [2.45, 2.75) is 13.3 Å². The van der Waals surface area contributed by atoms with Gasteiger partial charge in [0.2, 0.25) is 0 Å². The first-order valence-electron chi connectivity index (χ1n) is 8.93. The van der Waals surface area contributed by atoms with Gasteiger partial charge in [0, 0.05) is 20.2 Å². The van der Waals surface area contributed by atoms with Gasteiger partial charge in [0.05, 0.1) is 17.9 Å². The molecule has 4 nitrogen and oxygen atoms in total. The van der Waals surface area contributed by atoms with Crippen LogP contribution in [0.25, 0.3) is 0 Å². The lowest BCUT2D eigenvalue weighted by molar-refractivity contribution is 0.0528. The molecule has 0 atom stereocenters. The number of carbonyl (C=O) groups is 1. The van der Waals surface area contributed by atoms with Crippen LogP contribution in [0.15, 0.2) is 57.5 Å². The number of carbonyl (C=O) groups excluding carboxylic acids is 1. The van der Waals surface area contributed by atoms with Crippen LogP contribution in [0.4, 0.5) is 15.1 Å². The number of esters is 1. The highest BCUT2D eigenvalue weighted by atomic mass is 79.9. The second-order valence-electron chi connectivity index (χ2n) is 6.16. The summed E-state index contributed by atoms with van der Waals surface area (Å²) in [5, 5.41) is 6.57. The highest BCUT2D eigenvalue weighted by Gasteiger charge is 2.19. The number of ether oxygens (including phenoxy) is 1. The Morgan fingerprint density at radius 3 is 2.57 bits per heavy atom. The zero-order valence-electron chi connectivity index (χ0n) is 15.8. The smallest absolute Gasteiger partial charge is 0.341 e. The lowest BCUT2D eigenvalue weighted by atomic mass is 10.1. The fourth-order valence-corrected chi connectivity index (χ4v) is 5.31. The van der Waals surface area contributed by atoms with Crippen LogP contribution in [-0.2, 0) is 11.2 Å². The Morgan fingerprint density at radius 1 is 1.17 bits per heavy atom. The van der Waals surface area contributed by atoms with E-state index >= 15 is 0 Å². The highest BCUT2D eigenvalue weighted by molar-refractivity contribution is 9.11. The Hall–Kier alpha value is -1.81. The van der Waals surface area contributed by atoms with Gasteiger partial charge in [-0.25, -0.2) is 9.18 Å². The third kappa shape index (κ3) is 5.87. The quantitative estimate of drug-likeness (QED) is 0.247. The number of benzene rings is 2. The van der Waals surface area contributed by atoms with E-state index in [0.29, 0.717) is 25.9 Å². The Labute approximate surface area is 200 Å². The number of nitrogens with one attached hydrogen (secondary N) is 2. The van der Waals surface area contributed by atoms with Crippen LogP contribution >= 0.6 is 55.4 Å². The molecule has 0 unspecified atom stereocenters. The second kappa shape index (κ2) is 10.5. The summed E-state index contributed by atoms with van der Waals surface area (Å²) in [6.07, 6.45) is 0.673. The number of halogens is 3. The van der Waals surface area contributed by atoms with Crippen molar-refractivity contribution < 1.29 is 13.9 Å². The monoisotopic (exact) mass is 570 g/mol. The average Bonchev–Trinajstić information content (AvgIpc) is 3.07. The average molecular weight is 572 g/mol. The molecular weight excluding hydrogens is 555 g/mol. The maximum atomic E-state index is 14.3. The standard InChI is InChI=1S/C21H17Br2FN2O2S2/c1-2-28-20(27)15-11-14(8-12-6-4-3-5-7-12)30-19(15)26-21(29)25-18-16(23)9-13(22)10-17(18)24/h3-7,9-11H,2,8H2,1H3,(H2,25,26,29). The van der Waals surface area contributed by atoms with Crippen molar-refractivity contribution in [1.82, 2.24) is 0 Å². The molecular formula is C21H17Br2FN2O2S2. The molecule has 0 aliphatic rings. The Bertz CT molecular complexity index is 1050. The van der Waals surface area contributed by atoms with Crippen molar-refractivity contribution in [2.24, 2.45) is 0 Å². The predicted octanol–water partition coefficient (Wildman–Crippen LogP) is 6.99. The van der Waals surface area contributed by atoms with Gasteiger partial charge in [-0.05, 0) is 58.8 Å². The number of rotatable bonds is 6. The van der Waals surface area contributed by atoms with E-state index < -0.39 is 11.8 Å². The topological polar surface area (TPSA) is 50.4 Å². The summed E-state index contributed by atoms with van der Waals surface area (Å²) in [7, 11) is 0. The summed E-state index contributed by atoms with van der Waals surface area (Å²) in [6, 6.07) is 14.8.